The van der Waals surface area contributed by atoms with Crippen LogP contribution in [0.4, 0.5) is 0 Å². The molecule has 2 heterocycles. The van der Waals surface area contributed by atoms with Crippen LogP contribution >= 0.6 is 0 Å². The number of carbonyl (C=O) groups is 1. The summed E-state index contributed by atoms with van der Waals surface area (Å²) in [6, 6.07) is 9.78. The summed E-state index contributed by atoms with van der Waals surface area (Å²) in [6.07, 6.45) is 1.31. The van der Waals surface area contributed by atoms with E-state index in [2.05, 4.69) is 10.5 Å². The highest BCUT2D eigenvalue weighted by Crippen LogP contribution is 2.30. The first-order valence-electron chi connectivity index (χ1n) is 9.55. The van der Waals surface area contributed by atoms with Gasteiger partial charge in [-0.25, -0.2) is 8.42 Å². The van der Waals surface area contributed by atoms with Crippen LogP contribution in [0.15, 0.2) is 39.8 Å². The van der Waals surface area contributed by atoms with E-state index in [4.69, 9.17) is 4.52 Å². The van der Waals surface area contributed by atoms with E-state index in [-0.39, 0.29) is 22.6 Å². The molecule has 0 saturated carbocycles. The Labute approximate surface area is 166 Å². The summed E-state index contributed by atoms with van der Waals surface area (Å²) in [5.74, 6) is 0.323. The van der Waals surface area contributed by atoms with E-state index < -0.39 is 10.0 Å². The van der Waals surface area contributed by atoms with Crippen LogP contribution in [0.1, 0.15) is 36.8 Å². The second-order valence-electron chi connectivity index (χ2n) is 7.39. The Hall–Kier alpha value is -2.19. The third kappa shape index (κ3) is 4.28. The van der Waals surface area contributed by atoms with Crippen molar-refractivity contribution in [3.63, 3.8) is 0 Å². The molecule has 0 spiro atoms. The van der Waals surface area contributed by atoms with E-state index in [0.29, 0.717) is 43.9 Å². The lowest BCUT2D eigenvalue weighted by atomic mass is 9.85. The Balaban J connectivity index is 1.56. The monoisotopic (exact) mass is 405 g/mol. The van der Waals surface area contributed by atoms with Gasteiger partial charge in [-0.05, 0) is 38.2 Å². The number of nitrogens with zero attached hydrogens (tertiary/aromatic N) is 2. The number of hydrogen-bond acceptors (Lipinski definition) is 5. The molecule has 2 aromatic rings. The van der Waals surface area contributed by atoms with E-state index in [1.807, 2.05) is 37.3 Å². The van der Waals surface area contributed by atoms with Crippen LogP contribution in [0.2, 0.25) is 0 Å². The van der Waals surface area contributed by atoms with Gasteiger partial charge in [0.15, 0.2) is 5.76 Å². The first-order chi connectivity index (χ1) is 13.3. The first-order valence-corrected chi connectivity index (χ1v) is 11.0. The summed E-state index contributed by atoms with van der Waals surface area (Å²) in [6.45, 7) is 6.46. The zero-order chi connectivity index (χ0) is 20.3. The van der Waals surface area contributed by atoms with Gasteiger partial charge in [-0.1, -0.05) is 42.4 Å². The number of benzene rings is 1. The topological polar surface area (TPSA) is 92.5 Å². The van der Waals surface area contributed by atoms with Crippen LogP contribution in [0.5, 0.6) is 0 Å². The molecule has 0 radical (unpaired) electrons. The summed E-state index contributed by atoms with van der Waals surface area (Å²) in [5, 5.41) is 6.74. The Morgan fingerprint density at radius 2 is 1.89 bits per heavy atom. The van der Waals surface area contributed by atoms with E-state index in [1.54, 1.807) is 13.8 Å². The highest BCUT2D eigenvalue weighted by Gasteiger charge is 2.36. The lowest BCUT2D eigenvalue weighted by Crippen LogP contribution is -2.42. The summed E-state index contributed by atoms with van der Waals surface area (Å²) in [4.78, 5) is 12.7. The lowest BCUT2D eigenvalue weighted by molar-refractivity contribution is -0.126. The molecule has 0 unspecified atom stereocenters. The minimum Gasteiger partial charge on any atom is -0.360 e. The molecule has 28 heavy (non-hydrogen) atoms. The summed E-state index contributed by atoms with van der Waals surface area (Å²) in [5.41, 5.74) is 1.44. The zero-order valence-electron chi connectivity index (χ0n) is 16.5. The van der Waals surface area contributed by atoms with Gasteiger partial charge < -0.3 is 9.84 Å². The van der Waals surface area contributed by atoms with E-state index >= 15 is 0 Å². The van der Waals surface area contributed by atoms with Crippen LogP contribution in [0.3, 0.4) is 0 Å². The minimum absolute atomic E-state index is 0.0101. The molecule has 1 amide bonds. The molecule has 8 heteroatoms. The van der Waals surface area contributed by atoms with Gasteiger partial charge in [-0.2, -0.15) is 4.31 Å². The van der Waals surface area contributed by atoms with Gasteiger partial charge in [0, 0.05) is 25.6 Å². The fraction of sp³-hybridized carbons (Fsp3) is 0.500. The Kier molecular flexibility index (Phi) is 6.20. The summed E-state index contributed by atoms with van der Waals surface area (Å²) >= 11 is 0. The number of nitrogens with one attached hydrogen (secondary N) is 1. The van der Waals surface area contributed by atoms with Crippen LogP contribution in [0.25, 0.3) is 0 Å². The van der Waals surface area contributed by atoms with Gasteiger partial charge >= 0.3 is 0 Å². The van der Waals surface area contributed by atoms with Crippen LogP contribution in [-0.4, -0.2) is 36.9 Å². The number of carbonyl (C=O) groups excluding carboxylic acids is 1. The zero-order valence-corrected chi connectivity index (χ0v) is 17.3. The van der Waals surface area contributed by atoms with Gasteiger partial charge in [-0.15, -0.1) is 0 Å². The highest BCUT2D eigenvalue weighted by atomic mass is 32.2. The molecule has 152 valence electrons. The number of sulfonamides is 1. The Morgan fingerprint density at radius 3 is 2.46 bits per heavy atom. The van der Waals surface area contributed by atoms with E-state index in [9.17, 15) is 13.2 Å². The van der Waals surface area contributed by atoms with Gasteiger partial charge in [0.05, 0.1) is 0 Å². The highest BCUT2D eigenvalue weighted by molar-refractivity contribution is 7.89. The average molecular weight is 406 g/mol. The molecular weight excluding hydrogens is 378 g/mol. The summed E-state index contributed by atoms with van der Waals surface area (Å²) in [7, 11) is -3.62. The maximum Gasteiger partial charge on any atom is 0.248 e. The first kappa shape index (κ1) is 20.5. The molecule has 1 saturated heterocycles. The molecule has 0 aliphatic carbocycles. The molecule has 1 aromatic heterocycles. The van der Waals surface area contributed by atoms with Crippen molar-refractivity contribution in [1.82, 2.24) is 14.8 Å². The molecule has 7 nitrogen and oxygen atoms in total. The van der Waals surface area contributed by atoms with Crippen molar-refractivity contribution < 1.29 is 17.7 Å². The fourth-order valence-corrected chi connectivity index (χ4v) is 5.51. The summed E-state index contributed by atoms with van der Waals surface area (Å²) < 4.78 is 32.3. The van der Waals surface area contributed by atoms with Crippen LogP contribution < -0.4 is 5.32 Å². The van der Waals surface area contributed by atoms with Crippen molar-refractivity contribution in [2.75, 3.05) is 13.1 Å². The smallest absolute Gasteiger partial charge is 0.248 e. The number of amides is 1. The van der Waals surface area contributed by atoms with E-state index in [0.717, 1.165) is 5.56 Å². The van der Waals surface area contributed by atoms with Crippen LogP contribution in [0, 0.1) is 25.7 Å². The predicted octanol–water partition coefficient (Wildman–Crippen LogP) is 2.64. The van der Waals surface area contributed by atoms with Gasteiger partial charge in [0.25, 0.3) is 0 Å². The number of aryl methyl sites for hydroxylation is 2. The van der Waals surface area contributed by atoms with Crippen molar-refractivity contribution in [2.24, 2.45) is 11.8 Å². The molecule has 1 aromatic carbocycles. The van der Waals surface area contributed by atoms with Gasteiger partial charge in [0.2, 0.25) is 15.9 Å². The third-order valence-electron chi connectivity index (χ3n) is 5.49. The molecule has 1 aliphatic heterocycles. The largest absolute Gasteiger partial charge is 0.360 e. The number of aromatic nitrogens is 1. The molecule has 1 atom stereocenters. The standard InChI is InChI=1S/C20H27N3O4S/c1-14(20(24)21-13-17-7-5-4-6-8-17)18-9-11-23(12-10-18)28(25,26)19-15(2)22-27-16(19)3/h4-8,14,18H,9-13H2,1-3H3,(H,21,24)/t14-/m0/s1. The molecule has 1 fully saturated rings. The van der Waals surface area contributed by atoms with Crippen molar-refractivity contribution in [3.8, 4) is 0 Å². The fourth-order valence-electron chi connectivity index (χ4n) is 3.75. The molecule has 1 N–H and O–H groups in total. The quantitative estimate of drug-likeness (QED) is 0.798. The molecule has 1 aliphatic rings. The van der Waals surface area contributed by atoms with Crippen LogP contribution in [-0.2, 0) is 21.4 Å². The average Bonchev–Trinajstić information content (AvgIpc) is 3.05. The van der Waals surface area contributed by atoms with Gasteiger partial charge in [-0.3, -0.25) is 4.79 Å². The second-order valence-corrected chi connectivity index (χ2v) is 9.26. The SMILES string of the molecule is Cc1noc(C)c1S(=O)(=O)N1CCC([C@H](C)C(=O)NCc2ccccc2)CC1. The van der Waals surface area contributed by atoms with Crippen molar-refractivity contribution in [1.29, 1.82) is 0 Å². The van der Waals surface area contributed by atoms with Gasteiger partial charge in [0.1, 0.15) is 10.6 Å². The Bertz CT molecular complexity index is 897. The Morgan fingerprint density at radius 1 is 1.25 bits per heavy atom. The van der Waals surface area contributed by atoms with Crippen molar-refractivity contribution >= 4 is 15.9 Å². The predicted molar refractivity (Wildman–Crippen MR) is 105 cm³/mol. The maximum atomic E-state index is 12.9. The molecule has 3 rings (SSSR count). The normalized spacial score (nSPS) is 17.4. The maximum absolute atomic E-state index is 12.9. The van der Waals surface area contributed by atoms with Crippen molar-refractivity contribution in [3.05, 3.63) is 47.3 Å². The molecular formula is C20H27N3O4S. The molecule has 0 bridgehead atoms. The second kappa shape index (κ2) is 8.45. The third-order valence-corrected chi connectivity index (χ3v) is 7.64. The van der Waals surface area contributed by atoms with E-state index in [1.165, 1.54) is 4.31 Å². The lowest BCUT2D eigenvalue weighted by Gasteiger charge is -2.33. The number of rotatable bonds is 6. The number of hydrogen-bond donors (Lipinski definition) is 1. The minimum atomic E-state index is -3.62. The number of piperidine rings is 1. The van der Waals surface area contributed by atoms with Crippen molar-refractivity contribution in [2.45, 2.75) is 45.1 Å².